The van der Waals surface area contributed by atoms with Crippen molar-refractivity contribution in [2.45, 2.75) is 34.1 Å². The Morgan fingerprint density at radius 3 is 2.52 bits per heavy atom. The average molecular weight is 312 g/mol. The van der Waals surface area contributed by atoms with Gasteiger partial charge in [-0.3, -0.25) is 4.79 Å². The van der Waals surface area contributed by atoms with Gasteiger partial charge in [0.05, 0.1) is 0 Å². The third-order valence-corrected chi connectivity index (χ3v) is 3.37. The number of hydrogen-bond acceptors (Lipinski definition) is 4. The smallest absolute Gasteiger partial charge is 0.270 e. The fourth-order valence-electron chi connectivity index (χ4n) is 2.29. The molecule has 0 bridgehead atoms. The Kier molecular flexibility index (Phi) is 5.68. The van der Waals surface area contributed by atoms with Gasteiger partial charge in [-0.15, -0.1) is 0 Å². The Bertz CT molecular complexity index is 662. The molecule has 0 spiro atoms. The second kappa shape index (κ2) is 7.72. The lowest BCUT2D eigenvalue weighted by molar-refractivity contribution is 0.0947. The van der Waals surface area contributed by atoms with Crippen molar-refractivity contribution in [3.05, 3.63) is 47.3 Å². The standard InChI is InChI=1S/C18H24N4O/c1-12(2)5-7-19-17(23)16-6-8-20-18(22-16)21-15-10-13(3)9-14(4)11-15/h6,8-12H,5,7H2,1-4H3,(H,19,23)(H,20,21,22). The first-order valence-corrected chi connectivity index (χ1v) is 7.90. The van der Waals surface area contributed by atoms with Crippen LogP contribution in [-0.4, -0.2) is 22.4 Å². The fraction of sp³-hybridized carbons (Fsp3) is 0.389. The zero-order chi connectivity index (χ0) is 16.8. The number of aryl methyl sites for hydroxylation is 2. The topological polar surface area (TPSA) is 66.9 Å². The van der Waals surface area contributed by atoms with Crippen molar-refractivity contribution < 1.29 is 4.79 Å². The number of carbonyl (C=O) groups excluding carboxylic acids is 1. The fourth-order valence-corrected chi connectivity index (χ4v) is 2.29. The highest BCUT2D eigenvalue weighted by atomic mass is 16.1. The van der Waals surface area contributed by atoms with Gasteiger partial charge in [0.1, 0.15) is 5.69 Å². The van der Waals surface area contributed by atoms with E-state index in [1.165, 1.54) is 0 Å². The summed E-state index contributed by atoms with van der Waals surface area (Å²) < 4.78 is 0. The molecule has 0 radical (unpaired) electrons. The van der Waals surface area contributed by atoms with Gasteiger partial charge >= 0.3 is 0 Å². The van der Waals surface area contributed by atoms with Gasteiger partial charge < -0.3 is 10.6 Å². The number of nitrogens with zero attached hydrogens (tertiary/aromatic N) is 2. The first kappa shape index (κ1) is 16.9. The van der Waals surface area contributed by atoms with Crippen LogP contribution in [0.4, 0.5) is 11.6 Å². The molecule has 0 saturated heterocycles. The van der Waals surface area contributed by atoms with E-state index in [9.17, 15) is 4.79 Å². The van der Waals surface area contributed by atoms with Crippen molar-refractivity contribution in [3.63, 3.8) is 0 Å². The van der Waals surface area contributed by atoms with Crippen LogP contribution in [0, 0.1) is 19.8 Å². The predicted molar refractivity (Wildman–Crippen MR) is 93.0 cm³/mol. The molecule has 2 aromatic rings. The number of hydrogen-bond donors (Lipinski definition) is 2. The molecule has 2 N–H and O–H groups in total. The second-order valence-corrected chi connectivity index (χ2v) is 6.21. The number of nitrogens with one attached hydrogen (secondary N) is 2. The molecule has 1 heterocycles. The largest absolute Gasteiger partial charge is 0.351 e. The molecule has 2 rings (SSSR count). The van der Waals surface area contributed by atoms with E-state index in [2.05, 4.69) is 40.5 Å². The highest BCUT2D eigenvalue weighted by Crippen LogP contribution is 2.17. The Morgan fingerprint density at radius 1 is 1.17 bits per heavy atom. The monoisotopic (exact) mass is 312 g/mol. The molecule has 1 aromatic heterocycles. The van der Waals surface area contributed by atoms with Gasteiger partial charge in [0.25, 0.3) is 5.91 Å². The zero-order valence-electron chi connectivity index (χ0n) is 14.2. The van der Waals surface area contributed by atoms with Crippen LogP contribution < -0.4 is 10.6 Å². The van der Waals surface area contributed by atoms with E-state index in [1.807, 2.05) is 26.0 Å². The van der Waals surface area contributed by atoms with E-state index >= 15 is 0 Å². The first-order chi connectivity index (χ1) is 10.9. The SMILES string of the molecule is Cc1cc(C)cc(Nc2nccc(C(=O)NCCC(C)C)n2)c1. The van der Waals surface area contributed by atoms with Crippen LogP contribution in [0.1, 0.15) is 41.9 Å². The summed E-state index contributed by atoms with van der Waals surface area (Å²) in [7, 11) is 0. The third kappa shape index (κ3) is 5.36. The molecule has 0 unspecified atom stereocenters. The summed E-state index contributed by atoms with van der Waals surface area (Å²) in [6, 6.07) is 7.76. The van der Waals surface area contributed by atoms with Gasteiger partial charge in [-0.25, -0.2) is 9.97 Å². The average Bonchev–Trinajstić information content (AvgIpc) is 2.46. The van der Waals surface area contributed by atoms with Crippen LogP contribution in [0.25, 0.3) is 0 Å². The summed E-state index contributed by atoms with van der Waals surface area (Å²) >= 11 is 0. The highest BCUT2D eigenvalue weighted by Gasteiger charge is 2.09. The molecule has 0 aliphatic rings. The molecule has 0 fully saturated rings. The van der Waals surface area contributed by atoms with E-state index in [0.29, 0.717) is 24.1 Å². The summed E-state index contributed by atoms with van der Waals surface area (Å²) in [6.45, 7) is 8.99. The van der Waals surface area contributed by atoms with Crippen LogP contribution in [0.3, 0.4) is 0 Å². The van der Waals surface area contributed by atoms with E-state index in [0.717, 1.165) is 23.2 Å². The predicted octanol–water partition coefficient (Wildman–Crippen LogP) is 3.61. The summed E-state index contributed by atoms with van der Waals surface area (Å²) in [5.74, 6) is 0.811. The Hall–Kier alpha value is -2.43. The van der Waals surface area contributed by atoms with Gasteiger partial charge in [0.15, 0.2) is 0 Å². The van der Waals surface area contributed by atoms with Gasteiger partial charge in [-0.2, -0.15) is 0 Å². The lowest BCUT2D eigenvalue weighted by Crippen LogP contribution is -2.26. The number of amides is 1. The third-order valence-electron chi connectivity index (χ3n) is 3.37. The molecule has 1 amide bonds. The number of rotatable bonds is 6. The molecule has 122 valence electrons. The second-order valence-electron chi connectivity index (χ2n) is 6.21. The first-order valence-electron chi connectivity index (χ1n) is 7.90. The van der Waals surface area contributed by atoms with Crippen molar-refractivity contribution >= 4 is 17.5 Å². The molecule has 0 aliphatic carbocycles. The number of anilines is 2. The minimum Gasteiger partial charge on any atom is -0.351 e. The minimum absolute atomic E-state index is 0.170. The minimum atomic E-state index is -0.170. The summed E-state index contributed by atoms with van der Waals surface area (Å²) in [5.41, 5.74) is 3.61. The van der Waals surface area contributed by atoms with Gasteiger partial charge in [-0.05, 0) is 55.5 Å². The highest BCUT2D eigenvalue weighted by molar-refractivity contribution is 5.92. The summed E-state index contributed by atoms with van der Waals surface area (Å²) in [6.07, 6.45) is 2.54. The normalized spacial score (nSPS) is 10.7. The molecule has 5 nitrogen and oxygen atoms in total. The quantitative estimate of drug-likeness (QED) is 0.855. The molecule has 23 heavy (non-hydrogen) atoms. The Labute approximate surface area is 137 Å². The Morgan fingerprint density at radius 2 is 1.87 bits per heavy atom. The van der Waals surface area contributed by atoms with Crippen molar-refractivity contribution in [1.82, 2.24) is 15.3 Å². The maximum absolute atomic E-state index is 12.1. The van der Waals surface area contributed by atoms with E-state index in [1.54, 1.807) is 12.3 Å². The summed E-state index contributed by atoms with van der Waals surface area (Å²) in [4.78, 5) is 20.6. The van der Waals surface area contributed by atoms with Crippen molar-refractivity contribution in [2.75, 3.05) is 11.9 Å². The van der Waals surface area contributed by atoms with Gasteiger partial charge in [0, 0.05) is 18.4 Å². The van der Waals surface area contributed by atoms with Crippen LogP contribution in [0.5, 0.6) is 0 Å². The maximum Gasteiger partial charge on any atom is 0.270 e. The van der Waals surface area contributed by atoms with E-state index in [-0.39, 0.29) is 5.91 Å². The van der Waals surface area contributed by atoms with E-state index in [4.69, 9.17) is 0 Å². The number of benzene rings is 1. The number of carbonyl (C=O) groups is 1. The molecule has 0 aliphatic heterocycles. The lowest BCUT2D eigenvalue weighted by Gasteiger charge is -2.09. The lowest BCUT2D eigenvalue weighted by atomic mass is 10.1. The van der Waals surface area contributed by atoms with Crippen LogP contribution in [0.2, 0.25) is 0 Å². The number of aromatic nitrogens is 2. The Balaban J connectivity index is 2.05. The molecule has 5 heteroatoms. The molecular weight excluding hydrogens is 288 g/mol. The van der Waals surface area contributed by atoms with Gasteiger partial charge in [-0.1, -0.05) is 19.9 Å². The molecule has 0 atom stereocenters. The van der Waals surface area contributed by atoms with E-state index < -0.39 is 0 Å². The molecular formula is C18H24N4O. The molecule has 0 saturated carbocycles. The van der Waals surface area contributed by atoms with Crippen molar-refractivity contribution in [3.8, 4) is 0 Å². The van der Waals surface area contributed by atoms with Crippen molar-refractivity contribution in [2.24, 2.45) is 5.92 Å². The van der Waals surface area contributed by atoms with Gasteiger partial charge in [0.2, 0.25) is 5.95 Å². The van der Waals surface area contributed by atoms with Crippen LogP contribution >= 0.6 is 0 Å². The molecule has 1 aromatic carbocycles. The van der Waals surface area contributed by atoms with Crippen LogP contribution in [0.15, 0.2) is 30.5 Å². The zero-order valence-corrected chi connectivity index (χ0v) is 14.2. The summed E-state index contributed by atoms with van der Waals surface area (Å²) in [5, 5.41) is 6.04. The van der Waals surface area contributed by atoms with Crippen LogP contribution in [-0.2, 0) is 0 Å². The van der Waals surface area contributed by atoms with Crippen molar-refractivity contribution in [1.29, 1.82) is 0 Å². The maximum atomic E-state index is 12.1.